The zero-order valence-corrected chi connectivity index (χ0v) is 14.0. The molecule has 7 heteroatoms. The average molecular weight is 340 g/mol. The maximum absolute atomic E-state index is 12.1. The Bertz CT molecular complexity index is 528. The summed E-state index contributed by atoms with van der Waals surface area (Å²) in [6.07, 6.45) is 0.490. The highest BCUT2D eigenvalue weighted by Crippen LogP contribution is 2.15. The van der Waals surface area contributed by atoms with Crippen molar-refractivity contribution in [1.82, 2.24) is 15.1 Å². The van der Waals surface area contributed by atoms with Crippen molar-refractivity contribution < 1.29 is 14.3 Å². The lowest BCUT2D eigenvalue weighted by molar-refractivity contribution is -0.140. The fourth-order valence-electron chi connectivity index (χ4n) is 2.36. The van der Waals surface area contributed by atoms with Crippen LogP contribution < -0.4 is 10.1 Å². The second-order valence-corrected chi connectivity index (χ2v) is 5.79. The number of halogens is 1. The van der Waals surface area contributed by atoms with E-state index in [1.165, 1.54) is 0 Å². The van der Waals surface area contributed by atoms with E-state index < -0.39 is 0 Å². The summed E-state index contributed by atoms with van der Waals surface area (Å²) in [6.45, 7) is 2.93. The number of hydrogen-bond acceptors (Lipinski definition) is 4. The van der Waals surface area contributed by atoms with Crippen LogP contribution in [-0.4, -0.2) is 68.0 Å². The van der Waals surface area contributed by atoms with Gasteiger partial charge in [-0.25, -0.2) is 0 Å². The predicted molar refractivity (Wildman–Crippen MR) is 88.7 cm³/mol. The lowest BCUT2D eigenvalue weighted by Crippen LogP contribution is -2.51. The quantitative estimate of drug-likeness (QED) is 0.840. The number of piperazine rings is 1. The predicted octanol–water partition coefficient (Wildman–Crippen LogP) is 0.999. The van der Waals surface area contributed by atoms with Crippen LogP contribution in [0.4, 0.5) is 0 Å². The third-order valence-corrected chi connectivity index (χ3v) is 4.00. The number of rotatable bonds is 6. The van der Waals surface area contributed by atoms with Crippen molar-refractivity contribution in [2.45, 2.75) is 6.42 Å². The average Bonchev–Trinajstić information content (AvgIpc) is 2.59. The van der Waals surface area contributed by atoms with Gasteiger partial charge < -0.3 is 19.9 Å². The molecule has 6 nitrogen and oxygen atoms in total. The van der Waals surface area contributed by atoms with E-state index in [0.717, 1.165) is 0 Å². The van der Waals surface area contributed by atoms with Crippen molar-refractivity contribution in [3.05, 3.63) is 29.3 Å². The summed E-state index contributed by atoms with van der Waals surface area (Å²) < 4.78 is 5.46. The Morgan fingerprint density at radius 1 is 1.09 bits per heavy atom. The zero-order chi connectivity index (χ0) is 16.7. The first-order chi connectivity index (χ1) is 11.1. The van der Waals surface area contributed by atoms with Gasteiger partial charge in [0.1, 0.15) is 5.75 Å². The molecule has 1 aliphatic heterocycles. The largest absolute Gasteiger partial charge is 0.484 e. The fraction of sp³-hybridized carbons (Fsp3) is 0.500. The van der Waals surface area contributed by atoms with Crippen molar-refractivity contribution in [3.8, 4) is 5.75 Å². The van der Waals surface area contributed by atoms with Gasteiger partial charge in [0.25, 0.3) is 5.91 Å². The molecule has 1 fully saturated rings. The molecule has 1 N–H and O–H groups in total. The Kier molecular flexibility index (Phi) is 6.67. The summed E-state index contributed by atoms with van der Waals surface area (Å²) in [5, 5.41) is 3.59. The molecule has 0 aliphatic carbocycles. The van der Waals surface area contributed by atoms with E-state index in [9.17, 15) is 9.59 Å². The Labute approximate surface area is 141 Å². The second kappa shape index (κ2) is 8.74. The molecule has 0 spiro atoms. The maximum atomic E-state index is 12.1. The van der Waals surface area contributed by atoms with Gasteiger partial charge in [0.2, 0.25) is 5.91 Å². The molecule has 0 aromatic heterocycles. The molecule has 0 radical (unpaired) electrons. The van der Waals surface area contributed by atoms with Crippen LogP contribution in [0.2, 0.25) is 5.02 Å². The van der Waals surface area contributed by atoms with Crippen LogP contribution in [0.15, 0.2) is 24.3 Å². The summed E-state index contributed by atoms with van der Waals surface area (Å²) >= 11 is 5.80. The van der Waals surface area contributed by atoms with Gasteiger partial charge in [-0.15, -0.1) is 0 Å². The number of amides is 2. The number of hydrogen-bond donors (Lipinski definition) is 1. The van der Waals surface area contributed by atoms with Crippen molar-refractivity contribution in [2.24, 2.45) is 0 Å². The van der Waals surface area contributed by atoms with Gasteiger partial charge in [0.05, 0.1) is 0 Å². The van der Waals surface area contributed by atoms with Crippen LogP contribution >= 0.6 is 11.6 Å². The molecule has 1 aromatic rings. The third-order valence-electron chi connectivity index (χ3n) is 3.75. The van der Waals surface area contributed by atoms with Gasteiger partial charge in [-0.05, 0) is 31.3 Å². The molecular formula is C16H22ClN3O3. The van der Waals surface area contributed by atoms with Crippen LogP contribution in [0.5, 0.6) is 5.75 Å². The number of ether oxygens (including phenoxy) is 1. The molecule has 23 heavy (non-hydrogen) atoms. The fourth-order valence-corrected chi connectivity index (χ4v) is 2.49. The maximum Gasteiger partial charge on any atom is 0.260 e. The molecule has 1 heterocycles. The van der Waals surface area contributed by atoms with E-state index in [1.807, 2.05) is 7.05 Å². The Hall–Kier alpha value is -1.79. The zero-order valence-electron chi connectivity index (χ0n) is 13.3. The lowest BCUT2D eigenvalue weighted by Gasteiger charge is -2.34. The van der Waals surface area contributed by atoms with Gasteiger partial charge in [-0.1, -0.05) is 11.6 Å². The molecule has 2 rings (SSSR count). The summed E-state index contributed by atoms with van der Waals surface area (Å²) in [4.78, 5) is 27.6. The number of benzene rings is 1. The SMILES string of the molecule is CNCCC(=O)N1CCN(C(=O)COc2ccc(Cl)cc2)CC1. The van der Waals surface area contributed by atoms with E-state index in [2.05, 4.69) is 5.32 Å². The molecular weight excluding hydrogens is 318 g/mol. The highest BCUT2D eigenvalue weighted by atomic mass is 35.5. The summed E-state index contributed by atoms with van der Waals surface area (Å²) in [6, 6.07) is 6.90. The van der Waals surface area contributed by atoms with Crippen LogP contribution in [0.3, 0.4) is 0 Å². The molecule has 1 saturated heterocycles. The van der Waals surface area contributed by atoms with E-state index in [4.69, 9.17) is 16.3 Å². The number of nitrogens with zero attached hydrogens (tertiary/aromatic N) is 2. The summed E-state index contributed by atoms with van der Waals surface area (Å²) in [5.41, 5.74) is 0. The van der Waals surface area contributed by atoms with Crippen molar-refractivity contribution in [2.75, 3.05) is 46.4 Å². The van der Waals surface area contributed by atoms with E-state index in [1.54, 1.807) is 34.1 Å². The molecule has 2 amide bonds. The van der Waals surface area contributed by atoms with Crippen LogP contribution in [-0.2, 0) is 9.59 Å². The lowest BCUT2D eigenvalue weighted by atomic mass is 10.2. The molecule has 0 unspecified atom stereocenters. The van der Waals surface area contributed by atoms with Crippen molar-refractivity contribution in [3.63, 3.8) is 0 Å². The van der Waals surface area contributed by atoms with Gasteiger partial charge in [-0.3, -0.25) is 9.59 Å². The van der Waals surface area contributed by atoms with Crippen molar-refractivity contribution >= 4 is 23.4 Å². The van der Waals surface area contributed by atoms with Crippen molar-refractivity contribution in [1.29, 1.82) is 0 Å². The third kappa shape index (κ3) is 5.41. The molecule has 0 atom stereocenters. The number of carbonyl (C=O) groups excluding carboxylic acids is 2. The summed E-state index contributed by atoms with van der Waals surface area (Å²) in [5.74, 6) is 0.676. The minimum absolute atomic E-state index is 0.00463. The molecule has 126 valence electrons. The smallest absolute Gasteiger partial charge is 0.260 e. The minimum Gasteiger partial charge on any atom is -0.484 e. The minimum atomic E-state index is -0.0673. The van der Waals surface area contributed by atoms with E-state index in [0.29, 0.717) is 49.9 Å². The first-order valence-electron chi connectivity index (χ1n) is 7.68. The highest BCUT2D eigenvalue weighted by molar-refractivity contribution is 6.30. The molecule has 0 bridgehead atoms. The van der Waals surface area contributed by atoms with Crippen LogP contribution in [0.25, 0.3) is 0 Å². The number of carbonyl (C=O) groups is 2. The van der Waals surface area contributed by atoms with Gasteiger partial charge in [0.15, 0.2) is 6.61 Å². The molecule has 1 aromatic carbocycles. The standard InChI is InChI=1S/C16H22ClN3O3/c1-18-7-6-15(21)19-8-10-20(11-9-19)16(22)12-23-14-4-2-13(17)3-5-14/h2-5,18H,6-12H2,1H3. The van der Waals surface area contributed by atoms with E-state index in [-0.39, 0.29) is 18.4 Å². The Morgan fingerprint density at radius 3 is 2.22 bits per heavy atom. The number of nitrogens with one attached hydrogen (secondary N) is 1. The Balaban J connectivity index is 1.73. The van der Waals surface area contributed by atoms with Gasteiger partial charge >= 0.3 is 0 Å². The van der Waals surface area contributed by atoms with Gasteiger partial charge in [0, 0.05) is 44.2 Å². The first kappa shape index (κ1) is 17.6. The Morgan fingerprint density at radius 2 is 1.65 bits per heavy atom. The summed E-state index contributed by atoms with van der Waals surface area (Å²) in [7, 11) is 1.82. The van der Waals surface area contributed by atoms with Gasteiger partial charge in [-0.2, -0.15) is 0 Å². The molecule has 1 aliphatic rings. The second-order valence-electron chi connectivity index (χ2n) is 5.36. The van der Waals surface area contributed by atoms with Crippen LogP contribution in [0.1, 0.15) is 6.42 Å². The topological polar surface area (TPSA) is 61.9 Å². The first-order valence-corrected chi connectivity index (χ1v) is 8.06. The van der Waals surface area contributed by atoms with Crippen LogP contribution in [0, 0.1) is 0 Å². The monoisotopic (exact) mass is 339 g/mol. The molecule has 0 saturated carbocycles. The highest BCUT2D eigenvalue weighted by Gasteiger charge is 2.23. The normalized spacial score (nSPS) is 14.7. The van der Waals surface area contributed by atoms with E-state index >= 15 is 0 Å².